The number of nitrogens with one attached hydrogen (secondary N) is 1. The van der Waals surface area contributed by atoms with Crippen molar-refractivity contribution in [3.63, 3.8) is 0 Å². The van der Waals surface area contributed by atoms with Crippen molar-refractivity contribution < 1.29 is 27.3 Å². The monoisotopic (exact) mass is 526 g/mol. The minimum atomic E-state index is -3.60. The molecule has 2 bridgehead atoms. The van der Waals surface area contributed by atoms with E-state index in [4.69, 9.17) is 4.52 Å². The first-order chi connectivity index (χ1) is 17.8. The number of benzene rings is 1. The zero-order valence-electron chi connectivity index (χ0n) is 20.5. The first kappa shape index (κ1) is 24.3. The Bertz CT molecular complexity index is 1300. The molecule has 3 fully saturated rings. The first-order valence-corrected chi connectivity index (χ1v) is 14.7. The summed E-state index contributed by atoms with van der Waals surface area (Å²) in [5, 5.41) is 6.96. The zero-order chi connectivity index (χ0) is 25.7. The average Bonchev–Trinajstić information content (AvgIpc) is 3.55. The van der Waals surface area contributed by atoms with Crippen molar-refractivity contribution >= 4 is 27.7 Å². The molecule has 196 valence electrons. The van der Waals surface area contributed by atoms with Gasteiger partial charge >= 0.3 is 0 Å². The fraction of sp³-hybridized carbons (Fsp3) is 0.538. The summed E-state index contributed by atoms with van der Waals surface area (Å²) < 4.78 is 33.7. The van der Waals surface area contributed by atoms with E-state index < -0.39 is 10.0 Å². The van der Waals surface area contributed by atoms with E-state index in [2.05, 4.69) is 10.5 Å². The second-order valence-electron chi connectivity index (χ2n) is 10.6. The summed E-state index contributed by atoms with van der Waals surface area (Å²) in [6.45, 7) is 0.0635. The number of carbonyl (C=O) groups excluding carboxylic acids is 3. The summed E-state index contributed by atoms with van der Waals surface area (Å²) in [6.07, 6.45) is 5.84. The minimum absolute atomic E-state index is 0.0635. The number of carbonyl (C=O) groups is 3. The molecule has 2 saturated heterocycles. The largest absolute Gasteiger partial charge is 0.360 e. The first-order valence-electron chi connectivity index (χ1n) is 13.1. The van der Waals surface area contributed by atoms with Crippen LogP contribution in [-0.4, -0.2) is 70.9 Å². The summed E-state index contributed by atoms with van der Waals surface area (Å²) >= 11 is 0. The van der Waals surface area contributed by atoms with Gasteiger partial charge in [0.25, 0.3) is 17.7 Å². The third-order valence-corrected chi connectivity index (χ3v) is 10.0. The molecule has 1 aliphatic carbocycles. The predicted octanol–water partition coefficient (Wildman–Crippen LogP) is 2.68. The molecular weight excluding hydrogens is 496 g/mol. The summed E-state index contributed by atoms with van der Waals surface area (Å²) in [5.74, 6) is -0.0302. The maximum atomic E-state index is 13.4. The molecule has 10 nitrogen and oxygen atoms in total. The van der Waals surface area contributed by atoms with Gasteiger partial charge in [0.2, 0.25) is 10.0 Å². The number of amides is 3. The molecule has 1 N–H and O–H groups in total. The number of nitrogens with zero attached hydrogens (tertiary/aromatic N) is 3. The summed E-state index contributed by atoms with van der Waals surface area (Å²) in [6, 6.07) is 7.87. The van der Waals surface area contributed by atoms with Gasteiger partial charge in [0, 0.05) is 36.7 Å². The van der Waals surface area contributed by atoms with Crippen LogP contribution in [0, 0.1) is 0 Å². The average molecular weight is 527 g/mol. The van der Waals surface area contributed by atoms with Crippen LogP contribution in [0.15, 0.2) is 34.9 Å². The van der Waals surface area contributed by atoms with Crippen LogP contribution in [0.25, 0.3) is 0 Å². The quantitative estimate of drug-likeness (QED) is 0.524. The lowest BCUT2D eigenvalue weighted by Crippen LogP contribution is -2.59. The van der Waals surface area contributed by atoms with Gasteiger partial charge in [-0.25, -0.2) is 8.42 Å². The van der Waals surface area contributed by atoms with E-state index in [-0.39, 0.29) is 60.3 Å². The maximum absolute atomic E-state index is 13.4. The molecule has 0 spiro atoms. The standard InChI is InChI=1S/C26H30N4O6S/c31-24(22-15-23(36-28-22)16-9-10-16)27-17-13-18-5-3-6-19(14-17)30(18)37(34,35)12-4-11-29-25(32)20-7-1-2-8-21(20)26(29)33/h1-2,7-8,15-19H,3-6,9-14H2,(H,27,31). The Kier molecular flexibility index (Phi) is 6.15. The van der Waals surface area contributed by atoms with Crippen LogP contribution in [0.1, 0.15) is 94.2 Å². The molecule has 2 atom stereocenters. The smallest absolute Gasteiger partial charge is 0.273 e. The van der Waals surface area contributed by atoms with Crippen LogP contribution in [0.2, 0.25) is 0 Å². The number of hydrogen-bond acceptors (Lipinski definition) is 7. The van der Waals surface area contributed by atoms with Gasteiger partial charge in [0.1, 0.15) is 5.76 Å². The fourth-order valence-electron chi connectivity index (χ4n) is 6.08. The lowest BCUT2D eigenvalue weighted by Gasteiger charge is -2.47. The van der Waals surface area contributed by atoms with Gasteiger partial charge in [-0.05, 0) is 57.1 Å². The zero-order valence-corrected chi connectivity index (χ0v) is 21.3. The molecule has 4 aliphatic rings. The number of sulfonamides is 1. The van der Waals surface area contributed by atoms with Crippen LogP contribution >= 0.6 is 0 Å². The Morgan fingerprint density at radius 3 is 2.30 bits per heavy atom. The highest BCUT2D eigenvalue weighted by molar-refractivity contribution is 7.89. The van der Waals surface area contributed by atoms with Crippen molar-refractivity contribution in [2.45, 2.75) is 75.4 Å². The van der Waals surface area contributed by atoms with Crippen molar-refractivity contribution in [3.05, 3.63) is 52.9 Å². The molecule has 2 unspecified atom stereocenters. The van der Waals surface area contributed by atoms with E-state index in [1.807, 2.05) is 0 Å². The Morgan fingerprint density at radius 2 is 1.68 bits per heavy atom. The van der Waals surface area contributed by atoms with Crippen molar-refractivity contribution in [1.29, 1.82) is 0 Å². The van der Waals surface area contributed by atoms with E-state index >= 15 is 0 Å². The normalized spacial score (nSPS) is 25.8. The summed E-state index contributed by atoms with van der Waals surface area (Å²) in [4.78, 5) is 39.1. The summed E-state index contributed by atoms with van der Waals surface area (Å²) in [7, 11) is -3.60. The van der Waals surface area contributed by atoms with Crippen molar-refractivity contribution in [2.75, 3.05) is 12.3 Å². The van der Waals surface area contributed by atoms with Crippen molar-refractivity contribution in [3.8, 4) is 0 Å². The highest BCUT2D eigenvalue weighted by Gasteiger charge is 2.45. The van der Waals surface area contributed by atoms with E-state index in [0.29, 0.717) is 29.9 Å². The molecular formula is C26H30N4O6S. The van der Waals surface area contributed by atoms with E-state index in [1.54, 1.807) is 34.6 Å². The van der Waals surface area contributed by atoms with Gasteiger partial charge in [0.15, 0.2) is 5.69 Å². The Morgan fingerprint density at radius 1 is 1.03 bits per heavy atom. The minimum Gasteiger partial charge on any atom is -0.360 e. The van der Waals surface area contributed by atoms with Crippen LogP contribution in [0.5, 0.6) is 0 Å². The fourth-order valence-corrected chi connectivity index (χ4v) is 8.08. The molecule has 6 rings (SSSR count). The van der Waals surface area contributed by atoms with E-state index in [1.165, 1.54) is 0 Å². The molecule has 4 heterocycles. The van der Waals surface area contributed by atoms with Gasteiger partial charge in [-0.2, -0.15) is 4.31 Å². The third-order valence-electron chi connectivity index (χ3n) is 7.97. The van der Waals surface area contributed by atoms with E-state index in [9.17, 15) is 22.8 Å². The van der Waals surface area contributed by atoms with Gasteiger partial charge in [0.05, 0.1) is 16.9 Å². The number of hydrogen-bond donors (Lipinski definition) is 1. The van der Waals surface area contributed by atoms with E-state index in [0.717, 1.165) is 42.8 Å². The number of rotatable bonds is 8. The Hall–Kier alpha value is -3.05. The topological polar surface area (TPSA) is 130 Å². The molecule has 11 heteroatoms. The van der Waals surface area contributed by atoms with Gasteiger partial charge in [-0.3, -0.25) is 19.3 Å². The third kappa shape index (κ3) is 4.59. The van der Waals surface area contributed by atoms with Crippen LogP contribution < -0.4 is 5.32 Å². The molecule has 1 aromatic carbocycles. The molecule has 2 aromatic rings. The number of aromatic nitrogens is 1. The van der Waals surface area contributed by atoms with Gasteiger partial charge in [-0.1, -0.05) is 23.7 Å². The van der Waals surface area contributed by atoms with Crippen LogP contribution in [0.4, 0.5) is 0 Å². The SMILES string of the molecule is O=C(NC1CC2CCCC(C1)N2S(=O)(=O)CCCN1C(=O)c2ccccc2C1=O)c1cc(C2CC2)on1. The number of imide groups is 1. The van der Waals surface area contributed by atoms with Crippen molar-refractivity contribution in [1.82, 2.24) is 19.7 Å². The molecule has 3 aliphatic heterocycles. The molecule has 1 aromatic heterocycles. The second-order valence-corrected chi connectivity index (χ2v) is 12.6. The highest BCUT2D eigenvalue weighted by atomic mass is 32.2. The molecule has 3 amide bonds. The molecule has 37 heavy (non-hydrogen) atoms. The lowest BCUT2D eigenvalue weighted by molar-refractivity contribution is 0.0650. The molecule has 0 radical (unpaired) electrons. The Balaban J connectivity index is 1.06. The Labute approximate surface area is 215 Å². The lowest BCUT2D eigenvalue weighted by atomic mass is 9.84. The predicted molar refractivity (Wildman–Crippen MR) is 132 cm³/mol. The highest BCUT2D eigenvalue weighted by Crippen LogP contribution is 2.40. The van der Waals surface area contributed by atoms with Gasteiger partial charge in [-0.15, -0.1) is 0 Å². The molecule has 1 saturated carbocycles. The maximum Gasteiger partial charge on any atom is 0.273 e. The summed E-state index contributed by atoms with van der Waals surface area (Å²) in [5.41, 5.74) is 1.00. The number of fused-ring (bicyclic) bond motifs is 3. The van der Waals surface area contributed by atoms with Crippen molar-refractivity contribution in [2.24, 2.45) is 0 Å². The number of piperidine rings is 2. The van der Waals surface area contributed by atoms with Crippen LogP contribution in [-0.2, 0) is 10.0 Å². The second kappa shape index (κ2) is 9.36. The van der Waals surface area contributed by atoms with Gasteiger partial charge < -0.3 is 9.84 Å². The van der Waals surface area contributed by atoms with Crippen LogP contribution in [0.3, 0.4) is 0 Å².